The third kappa shape index (κ3) is 6.21. The zero-order valence-electron chi connectivity index (χ0n) is 20.0. The van der Waals surface area contributed by atoms with Crippen molar-refractivity contribution in [2.45, 2.75) is 44.3 Å². The van der Waals surface area contributed by atoms with Crippen molar-refractivity contribution in [2.75, 3.05) is 56.7 Å². The summed E-state index contributed by atoms with van der Waals surface area (Å²) < 4.78 is 21.4. The van der Waals surface area contributed by atoms with Gasteiger partial charge in [-0.05, 0) is 43.5 Å². The molecule has 0 aliphatic carbocycles. The van der Waals surface area contributed by atoms with Gasteiger partial charge in [0, 0.05) is 70.6 Å². The molecule has 2 aliphatic rings. The third-order valence-corrected chi connectivity index (χ3v) is 6.79. The minimum atomic E-state index is -1.84. The molecule has 0 spiro atoms. The van der Waals surface area contributed by atoms with Gasteiger partial charge in [0.05, 0.1) is 11.4 Å². The van der Waals surface area contributed by atoms with Crippen LogP contribution in [-0.2, 0) is 9.53 Å². The Balaban J connectivity index is 1.57. The summed E-state index contributed by atoms with van der Waals surface area (Å²) in [6.45, 7) is 5.40. The molecule has 0 saturated carbocycles. The number of ether oxygens (including phenoxy) is 1. The van der Waals surface area contributed by atoms with Gasteiger partial charge in [-0.3, -0.25) is 9.69 Å². The molecule has 2 aliphatic heterocycles. The number of allylic oxidation sites excluding steroid dienone is 1. The van der Waals surface area contributed by atoms with E-state index in [0.717, 1.165) is 24.7 Å². The lowest BCUT2D eigenvalue weighted by atomic mass is 9.90. The van der Waals surface area contributed by atoms with Gasteiger partial charge < -0.3 is 31.1 Å². The fraction of sp³-hybridized carbons (Fsp3) is 0.560. The number of anilines is 2. The van der Waals surface area contributed by atoms with E-state index in [4.69, 9.17) is 21.3 Å². The normalized spacial score (nSPS) is 19.6. The quantitative estimate of drug-likeness (QED) is 0.275. The molecule has 0 unspecified atom stereocenters. The lowest BCUT2D eigenvalue weighted by Crippen LogP contribution is -2.56. The van der Waals surface area contributed by atoms with Crippen LogP contribution in [0.1, 0.15) is 32.6 Å². The average Bonchev–Trinajstić information content (AvgIpc) is 2.86. The van der Waals surface area contributed by atoms with Crippen molar-refractivity contribution in [1.29, 1.82) is 10.8 Å². The van der Waals surface area contributed by atoms with Gasteiger partial charge in [0.2, 0.25) is 0 Å². The molecule has 1 amide bonds. The molecular weight excluding hydrogens is 435 g/mol. The van der Waals surface area contributed by atoms with Gasteiger partial charge in [-0.2, -0.15) is 0 Å². The minimum Gasteiger partial charge on any atom is -0.397 e. The number of rotatable bonds is 10. The second kappa shape index (κ2) is 12.1. The molecule has 34 heavy (non-hydrogen) atoms. The first-order valence-corrected chi connectivity index (χ1v) is 12.0. The number of nitrogen functional groups attached to an aromatic ring is 1. The molecule has 2 saturated heterocycles. The van der Waals surface area contributed by atoms with Crippen LogP contribution in [-0.4, -0.2) is 85.9 Å². The van der Waals surface area contributed by atoms with Crippen LogP contribution in [0.3, 0.4) is 0 Å². The summed E-state index contributed by atoms with van der Waals surface area (Å²) in [5.74, 6) is -0.400. The topological polar surface area (TPSA) is 110 Å². The first kappa shape index (κ1) is 25.8. The molecule has 0 atom stereocenters. The van der Waals surface area contributed by atoms with Gasteiger partial charge in [0.25, 0.3) is 5.91 Å². The van der Waals surface area contributed by atoms with Crippen LogP contribution in [0, 0.1) is 10.8 Å². The smallest absolute Gasteiger partial charge is 0.260 e. The highest BCUT2D eigenvalue weighted by atomic mass is 19.1. The Morgan fingerprint density at radius 1 is 1.24 bits per heavy atom. The van der Waals surface area contributed by atoms with Crippen molar-refractivity contribution in [3.8, 4) is 0 Å². The van der Waals surface area contributed by atoms with E-state index in [-0.39, 0.29) is 18.9 Å². The number of alkyl halides is 1. The Hall–Kier alpha value is -2.78. The zero-order chi connectivity index (χ0) is 24.6. The number of likely N-dealkylation sites (tertiary alicyclic amines) is 2. The number of nitrogens with zero attached hydrogens (tertiary/aromatic N) is 3. The second-order valence-corrected chi connectivity index (χ2v) is 8.97. The van der Waals surface area contributed by atoms with Gasteiger partial charge >= 0.3 is 0 Å². The highest BCUT2D eigenvalue weighted by molar-refractivity contribution is 5.86. The number of para-hydroxylation sites is 2. The van der Waals surface area contributed by atoms with E-state index in [1.54, 1.807) is 11.0 Å². The number of hydrogen-bond donors (Lipinski definition) is 3. The Kier molecular flexibility index (Phi) is 9.18. The molecule has 2 fully saturated rings. The first-order valence-electron chi connectivity index (χ1n) is 12.0. The van der Waals surface area contributed by atoms with Crippen molar-refractivity contribution in [2.24, 2.45) is 0 Å². The van der Waals surface area contributed by atoms with Crippen molar-refractivity contribution < 1.29 is 13.9 Å². The summed E-state index contributed by atoms with van der Waals surface area (Å²) >= 11 is 0. The lowest BCUT2D eigenvalue weighted by molar-refractivity contribution is -0.148. The van der Waals surface area contributed by atoms with E-state index in [0.29, 0.717) is 57.3 Å². The van der Waals surface area contributed by atoms with Crippen LogP contribution in [0.25, 0.3) is 0 Å². The first-order chi connectivity index (χ1) is 16.4. The average molecular weight is 473 g/mol. The molecule has 1 aromatic rings. The number of halogens is 1. The maximum absolute atomic E-state index is 15.7. The van der Waals surface area contributed by atoms with Gasteiger partial charge in [-0.25, -0.2) is 4.39 Å². The van der Waals surface area contributed by atoms with E-state index in [9.17, 15) is 4.79 Å². The van der Waals surface area contributed by atoms with E-state index < -0.39 is 11.6 Å². The van der Waals surface area contributed by atoms with Gasteiger partial charge in [0.1, 0.15) is 6.73 Å². The Bertz CT molecular complexity index is 876. The zero-order valence-corrected chi connectivity index (χ0v) is 20.0. The summed E-state index contributed by atoms with van der Waals surface area (Å²) in [5, 5.41) is 14.6. The second-order valence-electron chi connectivity index (χ2n) is 8.97. The maximum Gasteiger partial charge on any atom is 0.260 e. The summed E-state index contributed by atoms with van der Waals surface area (Å²) in [6, 6.07) is 7.88. The molecule has 3 rings (SSSR count). The van der Waals surface area contributed by atoms with Crippen molar-refractivity contribution in [3.05, 3.63) is 35.9 Å². The lowest BCUT2D eigenvalue weighted by Gasteiger charge is -2.43. The van der Waals surface area contributed by atoms with E-state index in [1.807, 2.05) is 36.1 Å². The number of carbonyl (C=O) groups excluding carboxylic acids is 1. The molecule has 8 nitrogen and oxygen atoms in total. The number of benzene rings is 1. The van der Waals surface area contributed by atoms with E-state index in [2.05, 4.69) is 4.90 Å². The SMILES string of the molecule is CCOCN(c1ccccc1N)C1CCN(C(=O)C2(F)CCN(C/C(C=N)=C/C=N)CC2)CC1. The molecule has 0 radical (unpaired) electrons. The number of amides is 1. The molecule has 186 valence electrons. The number of nitrogens with two attached hydrogens (primary N) is 1. The fourth-order valence-electron chi connectivity index (χ4n) is 4.77. The summed E-state index contributed by atoms with van der Waals surface area (Å²) in [7, 11) is 0. The maximum atomic E-state index is 15.7. The van der Waals surface area contributed by atoms with Crippen LogP contribution >= 0.6 is 0 Å². The Morgan fingerprint density at radius 2 is 1.91 bits per heavy atom. The highest BCUT2D eigenvalue weighted by Gasteiger charge is 2.45. The summed E-state index contributed by atoms with van der Waals surface area (Å²) in [4.78, 5) is 19.0. The molecule has 1 aromatic carbocycles. The minimum absolute atomic E-state index is 0.151. The molecule has 9 heteroatoms. The highest BCUT2D eigenvalue weighted by Crippen LogP contribution is 2.32. The number of piperidine rings is 2. The molecule has 0 bridgehead atoms. The van der Waals surface area contributed by atoms with Crippen LogP contribution in [0.5, 0.6) is 0 Å². The predicted octanol–water partition coefficient (Wildman–Crippen LogP) is 3.09. The van der Waals surface area contributed by atoms with Crippen LogP contribution in [0.4, 0.5) is 15.8 Å². The largest absolute Gasteiger partial charge is 0.397 e. The Labute approximate surface area is 201 Å². The molecule has 2 heterocycles. The molecular formula is C25H37FN6O2. The Morgan fingerprint density at radius 3 is 2.50 bits per heavy atom. The summed E-state index contributed by atoms with van der Waals surface area (Å²) in [6.07, 6.45) is 5.70. The van der Waals surface area contributed by atoms with E-state index in [1.165, 1.54) is 6.21 Å². The van der Waals surface area contributed by atoms with Crippen molar-refractivity contribution >= 4 is 29.7 Å². The number of carbonyl (C=O) groups is 1. The van der Waals surface area contributed by atoms with Crippen molar-refractivity contribution in [1.82, 2.24) is 9.80 Å². The number of hydrogen-bond acceptors (Lipinski definition) is 7. The molecule has 0 aromatic heterocycles. The third-order valence-electron chi connectivity index (χ3n) is 6.79. The standard InChI is InChI=1S/C25H37FN6O2/c1-2-34-19-32(23-6-4-3-5-22(23)29)21-8-13-31(14-9-21)24(33)25(26)10-15-30(16-11-25)18-20(17-28)7-12-27/h3-7,12,17,21,27-28H,2,8-11,13-16,18-19,29H2,1H3/b20-7+,27-12?,28-17?. The fourth-order valence-corrected chi connectivity index (χ4v) is 4.77. The van der Waals surface area contributed by atoms with Gasteiger partial charge in [0.15, 0.2) is 5.67 Å². The summed E-state index contributed by atoms with van der Waals surface area (Å²) in [5.41, 5.74) is 6.69. The molecule has 4 N–H and O–H groups in total. The predicted molar refractivity (Wildman–Crippen MR) is 135 cm³/mol. The van der Waals surface area contributed by atoms with E-state index >= 15 is 4.39 Å². The van der Waals surface area contributed by atoms with Crippen molar-refractivity contribution in [3.63, 3.8) is 0 Å². The van der Waals surface area contributed by atoms with Crippen LogP contribution in [0.15, 0.2) is 35.9 Å². The van der Waals surface area contributed by atoms with Crippen LogP contribution < -0.4 is 10.6 Å². The monoisotopic (exact) mass is 472 g/mol. The van der Waals surface area contributed by atoms with Gasteiger partial charge in [-0.15, -0.1) is 0 Å². The van der Waals surface area contributed by atoms with Gasteiger partial charge in [-0.1, -0.05) is 12.1 Å². The number of nitrogens with one attached hydrogen (secondary N) is 2. The van der Waals surface area contributed by atoms with Crippen LogP contribution in [0.2, 0.25) is 0 Å².